The van der Waals surface area contributed by atoms with Crippen molar-refractivity contribution in [2.45, 2.75) is 25.4 Å². The van der Waals surface area contributed by atoms with E-state index in [2.05, 4.69) is 0 Å². The summed E-state index contributed by atoms with van der Waals surface area (Å²) in [6, 6.07) is 6.96. The van der Waals surface area contributed by atoms with Crippen LogP contribution in [-0.2, 0) is 0 Å². The van der Waals surface area contributed by atoms with Gasteiger partial charge in [0.05, 0.1) is 6.10 Å². The van der Waals surface area contributed by atoms with Gasteiger partial charge in [-0.2, -0.15) is 0 Å². The van der Waals surface area contributed by atoms with Gasteiger partial charge in [-0.3, -0.25) is 4.79 Å². The van der Waals surface area contributed by atoms with E-state index in [0.717, 1.165) is 18.6 Å². The Balaban J connectivity index is 2.01. The maximum atomic E-state index is 10.8. The van der Waals surface area contributed by atoms with Gasteiger partial charge in [-0.25, -0.2) is 0 Å². The standard InChI is InChI=1S/C11H13NO2/c12-11(13)8-4-6-10(7-5-8)14-9-2-1-3-9/h4-7,9H,1-3H2,(H2,12,13). The Morgan fingerprint density at radius 1 is 1.29 bits per heavy atom. The normalized spacial score (nSPS) is 16.0. The van der Waals surface area contributed by atoms with Crippen LogP contribution >= 0.6 is 0 Å². The van der Waals surface area contributed by atoms with Crippen molar-refractivity contribution in [2.24, 2.45) is 5.73 Å². The van der Waals surface area contributed by atoms with E-state index < -0.39 is 5.91 Å². The zero-order chi connectivity index (χ0) is 9.97. The second-order valence-corrected chi connectivity index (χ2v) is 3.56. The van der Waals surface area contributed by atoms with Crippen LogP contribution in [0.25, 0.3) is 0 Å². The molecular formula is C11H13NO2. The molecule has 0 heterocycles. The highest BCUT2D eigenvalue weighted by atomic mass is 16.5. The molecule has 74 valence electrons. The highest BCUT2D eigenvalue weighted by Gasteiger charge is 2.18. The van der Waals surface area contributed by atoms with Gasteiger partial charge in [-0.05, 0) is 43.5 Å². The number of rotatable bonds is 3. The van der Waals surface area contributed by atoms with E-state index in [1.54, 1.807) is 24.3 Å². The second kappa shape index (κ2) is 3.70. The average molecular weight is 191 g/mol. The van der Waals surface area contributed by atoms with Crippen molar-refractivity contribution >= 4 is 5.91 Å². The number of hydrogen-bond donors (Lipinski definition) is 1. The Hall–Kier alpha value is -1.51. The molecule has 0 spiro atoms. The lowest BCUT2D eigenvalue weighted by Gasteiger charge is -2.26. The van der Waals surface area contributed by atoms with E-state index in [1.165, 1.54) is 6.42 Å². The molecule has 14 heavy (non-hydrogen) atoms. The third-order valence-electron chi connectivity index (χ3n) is 2.49. The van der Waals surface area contributed by atoms with Gasteiger partial charge in [0.2, 0.25) is 5.91 Å². The molecular weight excluding hydrogens is 178 g/mol. The molecule has 1 aliphatic rings. The van der Waals surface area contributed by atoms with Gasteiger partial charge < -0.3 is 10.5 Å². The summed E-state index contributed by atoms with van der Waals surface area (Å²) in [6.07, 6.45) is 3.90. The fourth-order valence-corrected chi connectivity index (χ4v) is 1.38. The molecule has 0 bridgehead atoms. The van der Waals surface area contributed by atoms with Crippen molar-refractivity contribution in [3.63, 3.8) is 0 Å². The minimum atomic E-state index is -0.403. The third-order valence-corrected chi connectivity index (χ3v) is 2.49. The molecule has 0 saturated heterocycles. The SMILES string of the molecule is NC(=O)c1ccc(OC2CCC2)cc1. The van der Waals surface area contributed by atoms with Gasteiger partial charge in [0, 0.05) is 5.56 Å². The first kappa shape index (κ1) is 9.06. The molecule has 1 saturated carbocycles. The maximum Gasteiger partial charge on any atom is 0.248 e. The molecule has 2 rings (SSSR count). The van der Waals surface area contributed by atoms with Crippen molar-refractivity contribution < 1.29 is 9.53 Å². The molecule has 0 atom stereocenters. The lowest BCUT2D eigenvalue weighted by atomic mass is 9.96. The Labute approximate surface area is 82.9 Å². The monoisotopic (exact) mass is 191 g/mol. The van der Waals surface area contributed by atoms with Crippen LogP contribution in [0.15, 0.2) is 24.3 Å². The summed E-state index contributed by atoms with van der Waals surface area (Å²) in [6.45, 7) is 0. The highest BCUT2D eigenvalue weighted by Crippen LogP contribution is 2.25. The second-order valence-electron chi connectivity index (χ2n) is 3.56. The average Bonchev–Trinajstić information content (AvgIpc) is 2.12. The lowest BCUT2D eigenvalue weighted by Crippen LogP contribution is -2.24. The quantitative estimate of drug-likeness (QED) is 0.790. The van der Waals surface area contributed by atoms with Gasteiger partial charge in [0.25, 0.3) is 0 Å². The molecule has 0 aliphatic heterocycles. The number of amides is 1. The topological polar surface area (TPSA) is 52.3 Å². The van der Waals surface area contributed by atoms with Crippen LogP contribution in [0.4, 0.5) is 0 Å². The van der Waals surface area contributed by atoms with E-state index >= 15 is 0 Å². The molecule has 0 unspecified atom stereocenters. The van der Waals surface area contributed by atoms with Crippen LogP contribution in [0, 0.1) is 0 Å². The molecule has 2 N–H and O–H groups in total. The van der Waals surface area contributed by atoms with Crippen molar-refractivity contribution in [1.29, 1.82) is 0 Å². The number of ether oxygens (including phenoxy) is 1. The van der Waals surface area contributed by atoms with E-state index in [-0.39, 0.29) is 0 Å². The minimum absolute atomic E-state index is 0.370. The molecule has 3 heteroatoms. The molecule has 1 aromatic carbocycles. The van der Waals surface area contributed by atoms with Crippen molar-refractivity contribution in [3.05, 3.63) is 29.8 Å². The first-order valence-electron chi connectivity index (χ1n) is 4.82. The van der Waals surface area contributed by atoms with E-state index in [0.29, 0.717) is 11.7 Å². The Kier molecular flexibility index (Phi) is 2.39. The Bertz CT molecular complexity index is 328. The lowest BCUT2D eigenvalue weighted by molar-refractivity contribution is 0.1000. The smallest absolute Gasteiger partial charge is 0.248 e. The van der Waals surface area contributed by atoms with Gasteiger partial charge in [-0.15, -0.1) is 0 Å². The molecule has 0 radical (unpaired) electrons. The first-order chi connectivity index (χ1) is 6.75. The molecule has 0 aromatic heterocycles. The largest absolute Gasteiger partial charge is 0.490 e. The highest BCUT2D eigenvalue weighted by molar-refractivity contribution is 5.92. The number of nitrogens with two attached hydrogens (primary N) is 1. The summed E-state index contributed by atoms with van der Waals surface area (Å²) < 4.78 is 5.63. The summed E-state index contributed by atoms with van der Waals surface area (Å²) >= 11 is 0. The molecule has 3 nitrogen and oxygen atoms in total. The van der Waals surface area contributed by atoms with Crippen LogP contribution in [0.5, 0.6) is 5.75 Å². The zero-order valence-electron chi connectivity index (χ0n) is 7.90. The molecule has 1 amide bonds. The number of benzene rings is 1. The van der Waals surface area contributed by atoms with Crippen LogP contribution < -0.4 is 10.5 Å². The van der Waals surface area contributed by atoms with Gasteiger partial charge in [-0.1, -0.05) is 0 Å². The fourth-order valence-electron chi connectivity index (χ4n) is 1.38. The van der Waals surface area contributed by atoms with Crippen molar-refractivity contribution in [1.82, 2.24) is 0 Å². The van der Waals surface area contributed by atoms with Crippen molar-refractivity contribution in [2.75, 3.05) is 0 Å². The third kappa shape index (κ3) is 1.87. The number of carbonyl (C=O) groups excluding carboxylic acids is 1. The predicted octanol–water partition coefficient (Wildman–Crippen LogP) is 1.72. The summed E-state index contributed by atoms with van der Waals surface area (Å²) in [4.78, 5) is 10.8. The van der Waals surface area contributed by atoms with Gasteiger partial charge in [0.15, 0.2) is 0 Å². The van der Waals surface area contributed by atoms with Crippen molar-refractivity contribution in [3.8, 4) is 5.75 Å². The number of primary amides is 1. The van der Waals surface area contributed by atoms with Crippen LogP contribution in [0.2, 0.25) is 0 Å². The van der Waals surface area contributed by atoms with Crippen LogP contribution in [0.3, 0.4) is 0 Å². The maximum absolute atomic E-state index is 10.8. The molecule has 1 fully saturated rings. The zero-order valence-corrected chi connectivity index (χ0v) is 7.90. The van der Waals surface area contributed by atoms with Crippen LogP contribution in [-0.4, -0.2) is 12.0 Å². The number of carbonyl (C=O) groups is 1. The van der Waals surface area contributed by atoms with Gasteiger partial charge in [0.1, 0.15) is 5.75 Å². The number of hydrogen-bond acceptors (Lipinski definition) is 2. The summed E-state index contributed by atoms with van der Waals surface area (Å²) in [5.41, 5.74) is 5.64. The van der Waals surface area contributed by atoms with Gasteiger partial charge >= 0.3 is 0 Å². The molecule has 1 aliphatic carbocycles. The fraction of sp³-hybridized carbons (Fsp3) is 0.364. The Morgan fingerprint density at radius 3 is 2.36 bits per heavy atom. The summed E-state index contributed by atoms with van der Waals surface area (Å²) in [7, 11) is 0. The van der Waals surface area contributed by atoms with E-state index in [1.807, 2.05) is 0 Å². The van der Waals surface area contributed by atoms with E-state index in [4.69, 9.17) is 10.5 Å². The molecule has 1 aromatic rings. The minimum Gasteiger partial charge on any atom is -0.490 e. The predicted molar refractivity (Wildman–Crippen MR) is 53.2 cm³/mol. The van der Waals surface area contributed by atoms with E-state index in [9.17, 15) is 4.79 Å². The summed E-state index contributed by atoms with van der Waals surface area (Å²) in [5, 5.41) is 0. The van der Waals surface area contributed by atoms with Crippen LogP contribution in [0.1, 0.15) is 29.6 Å². The first-order valence-corrected chi connectivity index (χ1v) is 4.82. The summed E-state index contributed by atoms with van der Waals surface area (Å²) in [5.74, 6) is 0.417. The Morgan fingerprint density at radius 2 is 1.93 bits per heavy atom.